The topological polar surface area (TPSA) is 20.2 Å². The minimum atomic E-state index is -0.413. The molecule has 1 unspecified atom stereocenters. The van der Waals surface area contributed by atoms with E-state index in [1.807, 2.05) is 24.3 Å². The third-order valence-electron chi connectivity index (χ3n) is 3.24. The number of aliphatic hydroxyl groups excluding tert-OH is 1. The van der Waals surface area contributed by atoms with Gasteiger partial charge in [0.05, 0.1) is 5.02 Å². The van der Waals surface area contributed by atoms with Crippen LogP contribution in [-0.4, -0.2) is 11.7 Å². The first-order valence-corrected chi connectivity index (χ1v) is 7.55. The van der Waals surface area contributed by atoms with Crippen molar-refractivity contribution < 1.29 is 9.50 Å². The van der Waals surface area contributed by atoms with Crippen LogP contribution in [-0.2, 0) is 12.8 Å². The SMILES string of the molecule is OCC(Cc1ccc(Br)cc1)Cc1cccc(F)c1Cl. The molecule has 0 spiro atoms. The van der Waals surface area contributed by atoms with Gasteiger partial charge in [-0.3, -0.25) is 0 Å². The molecule has 1 atom stereocenters. The molecular formula is C16H15BrClFO. The highest BCUT2D eigenvalue weighted by molar-refractivity contribution is 9.10. The van der Waals surface area contributed by atoms with Gasteiger partial charge in [-0.15, -0.1) is 0 Å². The lowest BCUT2D eigenvalue weighted by Crippen LogP contribution is -2.13. The summed E-state index contributed by atoms with van der Waals surface area (Å²) >= 11 is 9.35. The van der Waals surface area contributed by atoms with Crippen LogP contribution in [0.15, 0.2) is 46.9 Å². The van der Waals surface area contributed by atoms with E-state index in [2.05, 4.69) is 15.9 Å². The molecule has 0 aliphatic carbocycles. The number of rotatable bonds is 5. The first-order chi connectivity index (χ1) is 9.60. The van der Waals surface area contributed by atoms with E-state index < -0.39 is 5.82 Å². The molecule has 2 aromatic rings. The van der Waals surface area contributed by atoms with Crippen LogP contribution in [0.5, 0.6) is 0 Å². The number of halogens is 3. The first-order valence-electron chi connectivity index (χ1n) is 6.38. The molecule has 2 aromatic carbocycles. The first kappa shape index (κ1) is 15.5. The fraction of sp³-hybridized carbons (Fsp3) is 0.250. The van der Waals surface area contributed by atoms with Gasteiger partial charge in [0.25, 0.3) is 0 Å². The highest BCUT2D eigenvalue weighted by Crippen LogP contribution is 2.24. The third-order valence-corrected chi connectivity index (χ3v) is 4.19. The average molecular weight is 358 g/mol. The third kappa shape index (κ3) is 4.05. The Morgan fingerprint density at radius 1 is 1.10 bits per heavy atom. The van der Waals surface area contributed by atoms with Gasteiger partial charge in [0, 0.05) is 11.1 Å². The van der Waals surface area contributed by atoms with Gasteiger partial charge >= 0.3 is 0 Å². The van der Waals surface area contributed by atoms with Crippen molar-refractivity contribution in [3.63, 3.8) is 0 Å². The Labute approximate surface area is 131 Å². The number of hydrogen-bond acceptors (Lipinski definition) is 1. The highest BCUT2D eigenvalue weighted by atomic mass is 79.9. The quantitative estimate of drug-likeness (QED) is 0.827. The van der Waals surface area contributed by atoms with Gasteiger partial charge < -0.3 is 5.11 Å². The van der Waals surface area contributed by atoms with Crippen LogP contribution in [0, 0.1) is 11.7 Å². The Balaban J connectivity index is 2.09. The Bertz CT molecular complexity index is 571. The summed E-state index contributed by atoms with van der Waals surface area (Å²) in [5, 5.41) is 9.67. The Morgan fingerprint density at radius 2 is 1.80 bits per heavy atom. The molecule has 0 fully saturated rings. The van der Waals surface area contributed by atoms with Gasteiger partial charge in [0.2, 0.25) is 0 Å². The average Bonchev–Trinajstić information content (AvgIpc) is 2.45. The summed E-state index contributed by atoms with van der Waals surface area (Å²) in [6, 6.07) is 12.8. The molecule has 106 valence electrons. The van der Waals surface area contributed by atoms with Crippen LogP contribution in [0.2, 0.25) is 5.02 Å². The summed E-state index contributed by atoms with van der Waals surface area (Å²) in [6.45, 7) is 0.0445. The summed E-state index contributed by atoms with van der Waals surface area (Å²) in [5.41, 5.74) is 1.88. The van der Waals surface area contributed by atoms with Crippen molar-refractivity contribution in [2.45, 2.75) is 12.8 Å². The van der Waals surface area contributed by atoms with Gasteiger partial charge in [0.1, 0.15) is 5.82 Å². The van der Waals surface area contributed by atoms with Gasteiger partial charge in [-0.05, 0) is 48.1 Å². The van der Waals surface area contributed by atoms with E-state index in [4.69, 9.17) is 11.6 Å². The van der Waals surface area contributed by atoms with Crippen molar-refractivity contribution in [3.8, 4) is 0 Å². The molecule has 0 amide bonds. The largest absolute Gasteiger partial charge is 0.396 e. The van der Waals surface area contributed by atoms with Crippen molar-refractivity contribution in [1.29, 1.82) is 0 Å². The second-order valence-corrected chi connectivity index (χ2v) is 6.09. The minimum Gasteiger partial charge on any atom is -0.396 e. The van der Waals surface area contributed by atoms with E-state index >= 15 is 0 Å². The molecule has 0 saturated heterocycles. The second kappa shape index (κ2) is 7.21. The van der Waals surface area contributed by atoms with Crippen molar-refractivity contribution in [1.82, 2.24) is 0 Å². The van der Waals surface area contributed by atoms with E-state index in [0.29, 0.717) is 6.42 Å². The van der Waals surface area contributed by atoms with E-state index in [9.17, 15) is 9.50 Å². The monoisotopic (exact) mass is 356 g/mol. The maximum absolute atomic E-state index is 13.4. The molecule has 0 aliphatic rings. The van der Waals surface area contributed by atoms with Gasteiger partial charge in [0.15, 0.2) is 0 Å². The van der Waals surface area contributed by atoms with E-state index in [1.54, 1.807) is 12.1 Å². The van der Waals surface area contributed by atoms with Crippen LogP contribution in [0.1, 0.15) is 11.1 Å². The Morgan fingerprint density at radius 3 is 2.45 bits per heavy atom. The molecule has 4 heteroatoms. The Hall–Kier alpha value is -0.900. The zero-order valence-electron chi connectivity index (χ0n) is 10.8. The molecule has 0 radical (unpaired) electrons. The number of benzene rings is 2. The molecular weight excluding hydrogens is 343 g/mol. The summed E-state index contributed by atoms with van der Waals surface area (Å²) in [7, 11) is 0. The van der Waals surface area contributed by atoms with Crippen LogP contribution >= 0.6 is 27.5 Å². The number of aliphatic hydroxyl groups is 1. The fourth-order valence-corrected chi connectivity index (χ4v) is 2.64. The molecule has 0 aliphatic heterocycles. The minimum absolute atomic E-state index is 0.0236. The molecule has 0 bridgehead atoms. The van der Waals surface area contributed by atoms with Gasteiger partial charge in [-0.2, -0.15) is 0 Å². The molecule has 1 nitrogen and oxygen atoms in total. The summed E-state index contributed by atoms with van der Waals surface area (Å²) < 4.78 is 14.4. The highest BCUT2D eigenvalue weighted by Gasteiger charge is 2.13. The van der Waals surface area contributed by atoms with Crippen LogP contribution < -0.4 is 0 Å². The van der Waals surface area contributed by atoms with Gasteiger partial charge in [-0.1, -0.05) is 51.8 Å². The molecule has 2 rings (SSSR count). The van der Waals surface area contributed by atoms with Gasteiger partial charge in [-0.25, -0.2) is 4.39 Å². The summed E-state index contributed by atoms with van der Waals surface area (Å²) in [4.78, 5) is 0. The second-order valence-electron chi connectivity index (χ2n) is 4.80. The molecule has 1 N–H and O–H groups in total. The van der Waals surface area contributed by atoms with E-state index in [-0.39, 0.29) is 17.5 Å². The zero-order chi connectivity index (χ0) is 14.5. The fourth-order valence-electron chi connectivity index (χ4n) is 2.17. The molecule has 20 heavy (non-hydrogen) atoms. The number of hydrogen-bond donors (Lipinski definition) is 1. The lowest BCUT2D eigenvalue weighted by atomic mass is 9.93. The Kier molecular flexibility index (Phi) is 5.58. The lowest BCUT2D eigenvalue weighted by molar-refractivity contribution is 0.225. The lowest BCUT2D eigenvalue weighted by Gasteiger charge is -2.15. The zero-order valence-corrected chi connectivity index (χ0v) is 13.2. The smallest absolute Gasteiger partial charge is 0.142 e. The van der Waals surface area contributed by atoms with Crippen LogP contribution in [0.25, 0.3) is 0 Å². The van der Waals surface area contributed by atoms with Crippen molar-refractivity contribution in [3.05, 3.63) is 68.9 Å². The van der Waals surface area contributed by atoms with Crippen molar-refractivity contribution in [2.75, 3.05) is 6.61 Å². The van der Waals surface area contributed by atoms with Crippen molar-refractivity contribution >= 4 is 27.5 Å². The van der Waals surface area contributed by atoms with E-state index in [1.165, 1.54) is 6.07 Å². The predicted octanol–water partition coefficient (Wildman–Crippen LogP) is 4.64. The normalized spacial score (nSPS) is 12.4. The standard InChI is InChI=1S/C16H15BrClFO/c17-14-6-4-11(5-7-14)8-12(10-20)9-13-2-1-3-15(19)16(13)18/h1-7,12,20H,8-10H2. The van der Waals surface area contributed by atoms with Crippen LogP contribution in [0.3, 0.4) is 0 Å². The van der Waals surface area contributed by atoms with Crippen LogP contribution in [0.4, 0.5) is 4.39 Å². The maximum atomic E-state index is 13.4. The maximum Gasteiger partial charge on any atom is 0.142 e. The van der Waals surface area contributed by atoms with E-state index in [0.717, 1.165) is 22.0 Å². The predicted molar refractivity (Wildman–Crippen MR) is 83.5 cm³/mol. The summed E-state index contributed by atoms with van der Waals surface area (Å²) in [5.74, 6) is -0.389. The van der Waals surface area contributed by atoms with Crippen molar-refractivity contribution in [2.24, 2.45) is 5.92 Å². The molecule has 0 saturated carbocycles. The summed E-state index contributed by atoms with van der Waals surface area (Å²) in [6.07, 6.45) is 1.29. The molecule has 0 heterocycles. The molecule has 0 aromatic heterocycles.